The maximum absolute atomic E-state index is 12.3. The van der Waals surface area contributed by atoms with E-state index in [1.165, 1.54) is 0 Å². The molecule has 0 spiro atoms. The summed E-state index contributed by atoms with van der Waals surface area (Å²) < 4.78 is 36.8. The second-order valence-electron chi connectivity index (χ2n) is 4.37. The van der Waals surface area contributed by atoms with Crippen molar-refractivity contribution >= 4 is 15.9 Å². The van der Waals surface area contributed by atoms with E-state index < -0.39 is 11.0 Å². The van der Waals surface area contributed by atoms with Gasteiger partial charge in [-0.25, -0.2) is 0 Å². The third kappa shape index (κ3) is 2.86. The van der Waals surface area contributed by atoms with E-state index in [0.29, 0.717) is 0 Å². The molecule has 1 aliphatic heterocycles. The minimum absolute atomic E-state index is 0.0521. The van der Waals surface area contributed by atoms with Gasteiger partial charge in [0.25, 0.3) is 0 Å². The molecule has 1 unspecified atom stereocenters. The summed E-state index contributed by atoms with van der Waals surface area (Å²) in [6.45, 7) is 4.81. The Morgan fingerprint density at radius 1 is 1.43 bits per heavy atom. The largest absolute Gasteiger partial charge is 0.402 e. The number of likely N-dealkylation sites (tertiary alicyclic amines) is 1. The first kappa shape index (κ1) is 12.3. The van der Waals surface area contributed by atoms with Crippen molar-refractivity contribution in [2.45, 2.75) is 43.2 Å². The Balaban J connectivity index is 2.52. The summed E-state index contributed by atoms with van der Waals surface area (Å²) in [6, 6.07) is 0. The quantitative estimate of drug-likeness (QED) is 0.699. The predicted molar refractivity (Wildman–Crippen MR) is 53.7 cm³/mol. The van der Waals surface area contributed by atoms with E-state index in [1.54, 1.807) is 0 Å². The standard InChI is InChI=1S/C9H15BrF3N/c1-8(2)4-3-5-14(8)6-7(10)9(11,12)13/h7H,3-6H2,1-2H3. The Labute approximate surface area is 90.8 Å². The average Bonchev–Trinajstić information content (AvgIpc) is 2.29. The van der Waals surface area contributed by atoms with Crippen LogP contribution in [0, 0.1) is 0 Å². The Hall–Kier alpha value is 0.230. The Morgan fingerprint density at radius 3 is 2.36 bits per heavy atom. The predicted octanol–water partition coefficient (Wildman–Crippen LogP) is 3.19. The molecule has 0 aromatic rings. The summed E-state index contributed by atoms with van der Waals surface area (Å²) in [6.07, 6.45) is -2.17. The maximum Gasteiger partial charge on any atom is 0.402 e. The normalized spacial score (nSPS) is 25.3. The van der Waals surface area contributed by atoms with Crippen molar-refractivity contribution in [2.24, 2.45) is 0 Å². The molecule has 0 saturated carbocycles. The van der Waals surface area contributed by atoms with E-state index >= 15 is 0 Å². The van der Waals surface area contributed by atoms with Crippen LogP contribution >= 0.6 is 15.9 Å². The lowest BCUT2D eigenvalue weighted by Gasteiger charge is -2.33. The zero-order chi connectivity index (χ0) is 11.0. The van der Waals surface area contributed by atoms with Crippen LogP contribution in [0.3, 0.4) is 0 Å². The second-order valence-corrected chi connectivity index (χ2v) is 5.48. The van der Waals surface area contributed by atoms with Gasteiger partial charge in [-0.1, -0.05) is 15.9 Å². The van der Waals surface area contributed by atoms with Gasteiger partial charge in [0.05, 0.1) is 0 Å². The van der Waals surface area contributed by atoms with Crippen LogP contribution in [0.25, 0.3) is 0 Å². The third-order valence-corrected chi connectivity index (χ3v) is 3.62. The van der Waals surface area contributed by atoms with E-state index in [2.05, 4.69) is 15.9 Å². The van der Waals surface area contributed by atoms with Gasteiger partial charge >= 0.3 is 6.18 Å². The molecule has 14 heavy (non-hydrogen) atoms. The maximum atomic E-state index is 12.3. The van der Waals surface area contributed by atoms with E-state index in [4.69, 9.17) is 0 Å². The summed E-state index contributed by atoms with van der Waals surface area (Å²) in [7, 11) is 0. The zero-order valence-corrected chi connectivity index (χ0v) is 9.95. The van der Waals surface area contributed by atoms with Crippen LogP contribution in [0.1, 0.15) is 26.7 Å². The molecular weight excluding hydrogens is 259 g/mol. The smallest absolute Gasteiger partial charge is 0.297 e. The van der Waals surface area contributed by atoms with Gasteiger partial charge in [-0.15, -0.1) is 0 Å². The van der Waals surface area contributed by atoms with E-state index in [1.807, 2.05) is 18.7 Å². The molecule has 1 heterocycles. The van der Waals surface area contributed by atoms with Gasteiger partial charge < -0.3 is 0 Å². The Kier molecular flexibility index (Phi) is 3.52. The molecule has 0 amide bonds. The molecule has 0 aromatic heterocycles. The van der Waals surface area contributed by atoms with Crippen molar-refractivity contribution in [3.8, 4) is 0 Å². The van der Waals surface area contributed by atoms with Crippen molar-refractivity contribution in [1.29, 1.82) is 0 Å². The van der Waals surface area contributed by atoms with Crippen molar-refractivity contribution in [3.63, 3.8) is 0 Å². The molecule has 0 aliphatic carbocycles. The lowest BCUT2D eigenvalue weighted by molar-refractivity contribution is -0.132. The van der Waals surface area contributed by atoms with E-state index in [0.717, 1.165) is 19.4 Å². The van der Waals surface area contributed by atoms with E-state index in [-0.39, 0.29) is 12.1 Å². The number of hydrogen-bond donors (Lipinski definition) is 0. The van der Waals surface area contributed by atoms with Crippen LogP contribution in [0.4, 0.5) is 13.2 Å². The number of nitrogens with zero attached hydrogens (tertiary/aromatic N) is 1. The van der Waals surface area contributed by atoms with Crippen LogP contribution in [-0.4, -0.2) is 34.5 Å². The minimum atomic E-state index is -4.14. The summed E-state index contributed by atoms with van der Waals surface area (Å²) >= 11 is 2.69. The van der Waals surface area contributed by atoms with Gasteiger partial charge in [0.1, 0.15) is 4.83 Å². The fourth-order valence-corrected chi connectivity index (χ4v) is 2.15. The fraction of sp³-hybridized carbons (Fsp3) is 1.00. The highest BCUT2D eigenvalue weighted by Gasteiger charge is 2.42. The number of hydrogen-bond acceptors (Lipinski definition) is 1. The monoisotopic (exact) mass is 273 g/mol. The molecule has 1 aliphatic rings. The van der Waals surface area contributed by atoms with Crippen LogP contribution < -0.4 is 0 Å². The van der Waals surface area contributed by atoms with Crippen molar-refractivity contribution < 1.29 is 13.2 Å². The molecule has 1 nitrogen and oxygen atoms in total. The van der Waals surface area contributed by atoms with Gasteiger partial charge in [0, 0.05) is 12.1 Å². The molecule has 1 fully saturated rings. The van der Waals surface area contributed by atoms with Crippen LogP contribution in [0.5, 0.6) is 0 Å². The topological polar surface area (TPSA) is 3.24 Å². The molecule has 0 bridgehead atoms. The highest BCUT2D eigenvalue weighted by Crippen LogP contribution is 2.33. The average molecular weight is 274 g/mol. The molecule has 1 atom stereocenters. The summed E-state index contributed by atoms with van der Waals surface area (Å²) in [5, 5.41) is 0. The van der Waals surface area contributed by atoms with Gasteiger partial charge in [-0.05, 0) is 33.2 Å². The molecule has 0 radical (unpaired) electrons. The third-order valence-electron chi connectivity index (χ3n) is 2.81. The zero-order valence-electron chi connectivity index (χ0n) is 8.36. The van der Waals surface area contributed by atoms with Crippen LogP contribution in [0.15, 0.2) is 0 Å². The van der Waals surface area contributed by atoms with Gasteiger partial charge in [0.2, 0.25) is 0 Å². The highest BCUT2D eigenvalue weighted by molar-refractivity contribution is 9.09. The second kappa shape index (κ2) is 4.00. The summed E-state index contributed by atoms with van der Waals surface area (Å²) in [5.41, 5.74) is -0.0860. The van der Waals surface area contributed by atoms with Gasteiger partial charge in [0.15, 0.2) is 0 Å². The number of rotatable bonds is 2. The summed E-state index contributed by atoms with van der Waals surface area (Å²) in [4.78, 5) is 0.493. The lowest BCUT2D eigenvalue weighted by Crippen LogP contribution is -2.44. The van der Waals surface area contributed by atoms with Gasteiger partial charge in [-0.3, -0.25) is 4.90 Å². The molecule has 84 valence electrons. The van der Waals surface area contributed by atoms with Crippen LogP contribution in [0.2, 0.25) is 0 Å². The van der Waals surface area contributed by atoms with Crippen molar-refractivity contribution in [1.82, 2.24) is 4.90 Å². The highest BCUT2D eigenvalue weighted by atomic mass is 79.9. The van der Waals surface area contributed by atoms with Crippen molar-refractivity contribution in [3.05, 3.63) is 0 Å². The van der Waals surface area contributed by atoms with Crippen molar-refractivity contribution in [2.75, 3.05) is 13.1 Å². The minimum Gasteiger partial charge on any atom is -0.297 e. The first-order valence-corrected chi connectivity index (χ1v) is 5.61. The summed E-state index contributed by atoms with van der Waals surface area (Å²) in [5.74, 6) is 0. The van der Waals surface area contributed by atoms with Crippen LogP contribution in [-0.2, 0) is 0 Å². The first-order valence-electron chi connectivity index (χ1n) is 4.69. The fourth-order valence-electron chi connectivity index (χ4n) is 1.80. The molecular formula is C9H15BrF3N. The van der Waals surface area contributed by atoms with E-state index in [9.17, 15) is 13.2 Å². The number of alkyl halides is 4. The molecule has 0 N–H and O–H groups in total. The number of halogens is 4. The van der Waals surface area contributed by atoms with Gasteiger partial charge in [-0.2, -0.15) is 13.2 Å². The molecule has 5 heteroatoms. The Morgan fingerprint density at radius 2 is 2.00 bits per heavy atom. The lowest BCUT2D eigenvalue weighted by atomic mass is 10.0. The molecule has 1 rings (SSSR count). The Bertz CT molecular complexity index is 203. The first-order chi connectivity index (χ1) is 6.23. The SMILES string of the molecule is CC1(C)CCCN1CC(Br)C(F)(F)F. The molecule has 1 saturated heterocycles. The molecule has 0 aromatic carbocycles.